The van der Waals surface area contributed by atoms with Gasteiger partial charge in [-0.15, -0.1) is 11.3 Å². The van der Waals surface area contributed by atoms with Gasteiger partial charge in [0.2, 0.25) is 5.91 Å². The summed E-state index contributed by atoms with van der Waals surface area (Å²) < 4.78 is 24.4. The normalized spacial score (nSPS) is 17.8. The Hall–Kier alpha value is -1.93. The first-order valence-corrected chi connectivity index (χ1v) is 10.3. The Balaban J connectivity index is 1.48. The number of sulfone groups is 1. The van der Waals surface area contributed by atoms with Crippen molar-refractivity contribution in [2.24, 2.45) is 0 Å². The average molecular weight is 365 g/mol. The zero-order chi connectivity index (χ0) is 17.0. The van der Waals surface area contributed by atoms with Gasteiger partial charge in [0.15, 0.2) is 15.0 Å². The molecule has 1 aromatic heterocycles. The molecule has 1 aliphatic heterocycles. The first-order chi connectivity index (χ1) is 11.5. The molecule has 0 saturated carbocycles. The minimum atomic E-state index is -3.41. The summed E-state index contributed by atoms with van der Waals surface area (Å²) in [6.07, 6.45) is 2.59. The predicted octanol–water partition coefficient (Wildman–Crippen LogP) is 1.70. The lowest BCUT2D eigenvalue weighted by atomic mass is 10.2. The van der Waals surface area contributed by atoms with Crippen LogP contribution in [0.25, 0.3) is 0 Å². The van der Waals surface area contributed by atoms with Crippen LogP contribution in [0.15, 0.2) is 46.8 Å². The van der Waals surface area contributed by atoms with Crippen molar-refractivity contribution in [3.8, 4) is 0 Å². The maximum absolute atomic E-state index is 12.2. The zero-order valence-corrected chi connectivity index (χ0v) is 14.7. The third kappa shape index (κ3) is 4.12. The minimum absolute atomic E-state index is 0.0228. The molecule has 0 radical (unpaired) electrons. The van der Waals surface area contributed by atoms with Crippen LogP contribution in [0.3, 0.4) is 0 Å². The molecule has 8 heteroatoms. The van der Waals surface area contributed by atoms with Gasteiger partial charge in [0.1, 0.15) is 0 Å². The lowest BCUT2D eigenvalue weighted by Crippen LogP contribution is -2.37. The van der Waals surface area contributed by atoms with Gasteiger partial charge in [0.25, 0.3) is 0 Å². The predicted molar refractivity (Wildman–Crippen MR) is 94.0 cm³/mol. The van der Waals surface area contributed by atoms with Gasteiger partial charge < -0.3 is 10.2 Å². The van der Waals surface area contributed by atoms with E-state index in [1.807, 2.05) is 5.38 Å². The topological polar surface area (TPSA) is 79.4 Å². The van der Waals surface area contributed by atoms with Crippen LogP contribution in [0.1, 0.15) is 12.8 Å². The van der Waals surface area contributed by atoms with E-state index in [0.717, 1.165) is 18.1 Å². The first kappa shape index (κ1) is 16.9. The fourth-order valence-corrected chi connectivity index (χ4v) is 4.64. The second kappa shape index (κ2) is 7.31. The van der Waals surface area contributed by atoms with Gasteiger partial charge >= 0.3 is 0 Å². The monoisotopic (exact) mass is 365 g/mol. The maximum Gasteiger partial charge on any atom is 0.221 e. The van der Waals surface area contributed by atoms with E-state index in [1.54, 1.807) is 47.9 Å². The number of hydrogen-bond donors (Lipinski definition) is 1. The van der Waals surface area contributed by atoms with E-state index in [4.69, 9.17) is 0 Å². The van der Waals surface area contributed by atoms with E-state index in [-0.39, 0.29) is 29.0 Å². The van der Waals surface area contributed by atoms with Gasteiger partial charge in [-0.2, -0.15) is 0 Å². The van der Waals surface area contributed by atoms with Crippen LogP contribution in [-0.4, -0.2) is 44.2 Å². The van der Waals surface area contributed by atoms with Crippen molar-refractivity contribution in [1.82, 2.24) is 10.3 Å². The summed E-state index contributed by atoms with van der Waals surface area (Å²) in [7, 11) is -3.41. The molecule has 6 nitrogen and oxygen atoms in total. The molecular formula is C16H19N3O3S2. The number of amides is 1. The summed E-state index contributed by atoms with van der Waals surface area (Å²) in [4.78, 5) is 18.7. The highest BCUT2D eigenvalue weighted by atomic mass is 32.2. The number of hydrogen-bond acceptors (Lipinski definition) is 6. The second-order valence-electron chi connectivity index (χ2n) is 5.70. The van der Waals surface area contributed by atoms with Crippen LogP contribution in [0.5, 0.6) is 0 Å². The molecule has 0 bridgehead atoms. The Bertz CT molecular complexity index is 776. The number of thiazole rings is 1. The van der Waals surface area contributed by atoms with Crippen molar-refractivity contribution in [2.75, 3.05) is 23.7 Å². The van der Waals surface area contributed by atoms with Gasteiger partial charge in [-0.3, -0.25) is 4.79 Å². The lowest BCUT2D eigenvalue weighted by Gasteiger charge is -2.15. The van der Waals surface area contributed by atoms with Crippen molar-refractivity contribution in [3.05, 3.63) is 41.9 Å². The number of rotatable bonds is 6. The van der Waals surface area contributed by atoms with Crippen molar-refractivity contribution in [1.29, 1.82) is 0 Å². The Morgan fingerprint density at radius 3 is 2.83 bits per heavy atom. The first-order valence-electron chi connectivity index (χ1n) is 7.76. The molecule has 24 heavy (non-hydrogen) atoms. The van der Waals surface area contributed by atoms with Crippen molar-refractivity contribution in [2.45, 2.75) is 23.8 Å². The van der Waals surface area contributed by atoms with Gasteiger partial charge in [-0.25, -0.2) is 13.4 Å². The van der Waals surface area contributed by atoms with Crippen molar-refractivity contribution in [3.63, 3.8) is 0 Å². The molecule has 2 aromatic rings. The number of aromatic nitrogens is 1. The highest BCUT2D eigenvalue weighted by Crippen LogP contribution is 2.22. The summed E-state index contributed by atoms with van der Waals surface area (Å²) in [5, 5.41) is 5.81. The number of anilines is 1. The van der Waals surface area contributed by atoms with E-state index in [2.05, 4.69) is 15.2 Å². The van der Waals surface area contributed by atoms with E-state index < -0.39 is 9.84 Å². The Morgan fingerprint density at radius 1 is 1.33 bits per heavy atom. The molecule has 0 spiro atoms. The van der Waals surface area contributed by atoms with E-state index in [9.17, 15) is 13.2 Å². The van der Waals surface area contributed by atoms with Crippen LogP contribution in [0.2, 0.25) is 0 Å². The Morgan fingerprint density at radius 2 is 2.12 bits per heavy atom. The summed E-state index contributed by atoms with van der Waals surface area (Å²) in [5.41, 5.74) is 0. The molecule has 1 aliphatic rings. The molecule has 2 heterocycles. The number of nitrogens with one attached hydrogen (secondary N) is 1. The summed E-state index contributed by atoms with van der Waals surface area (Å²) in [5.74, 6) is -0.397. The van der Waals surface area contributed by atoms with Crippen molar-refractivity contribution < 1.29 is 13.2 Å². The lowest BCUT2D eigenvalue weighted by molar-refractivity contribution is -0.121. The maximum atomic E-state index is 12.2. The average Bonchev–Trinajstić information content (AvgIpc) is 3.25. The van der Waals surface area contributed by atoms with Gasteiger partial charge in [0, 0.05) is 37.1 Å². The van der Waals surface area contributed by atoms with Crippen LogP contribution in [0, 0.1) is 0 Å². The fraction of sp³-hybridized carbons (Fsp3) is 0.375. The van der Waals surface area contributed by atoms with Crippen LogP contribution in [-0.2, 0) is 14.6 Å². The second-order valence-corrected chi connectivity index (χ2v) is 8.68. The van der Waals surface area contributed by atoms with E-state index in [0.29, 0.717) is 6.54 Å². The molecule has 1 fully saturated rings. The number of carbonyl (C=O) groups is 1. The molecule has 3 rings (SSSR count). The molecule has 128 valence electrons. The summed E-state index contributed by atoms with van der Waals surface area (Å²) in [6.45, 7) is 1.56. The smallest absolute Gasteiger partial charge is 0.221 e. The standard InChI is InChI=1S/C16H19N3O3S2/c20-15(7-11-24(21,22)14-4-2-1-3-5-14)18-13-6-9-19(12-13)16-17-8-10-23-16/h1-5,8,10,13H,6-7,9,11-12H2,(H,18,20). The number of benzene rings is 1. The molecule has 1 amide bonds. The Labute approximate surface area is 145 Å². The summed E-state index contributed by atoms with van der Waals surface area (Å²) >= 11 is 1.58. The fourth-order valence-electron chi connectivity index (χ4n) is 2.70. The number of carbonyl (C=O) groups excluding carboxylic acids is 1. The third-order valence-corrected chi connectivity index (χ3v) is 6.51. The van der Waals surface area contributed by atoms with Gasteiger partial charge in [0.05, 0.1) is 10.6 Å². The molecule has 1 unspecified atom stereocenters. The molecule has 1 atom stereocenters. The molecule has 1 saturated heterocycles. The minimum Gasteiger partial charge on any atom is -0.351 e. The van der Waals surface area contributed by atoms with E-state index in [1.165, 1.54) is 0 Å². The van der Waals surface area contributed by atoms with Crippen LogP contribution < -0.4 is 10.2 Å². The third-order valence-electron chi connectivity index (χ3n) is 3.94. The van der Waals surface area contributed by atoms with Gasteiger partial charge in [-0.05, 0) is 18.6 Å². The summed E-state index contributed by atoms with van der Waals surface area (Å²) in [6, 6.07) is 8.27. The van der Waals surface area contributed by atoms with Crippen LogP contribution in [0.4, 0.5) is 5.13 Å². The molecule has 0 aliphatic carbocycles. The SMILES string of the molecule is O=C(CCS(=O)(=O)c1ccccc1)NC1CCN(c2nccs2)C1. The zero-order valence-electron chi connectivity index (χ0n) is 13.1. The van der Waals surface area contributed by atoms with Crippen LogP contribution >= 0.6 is 11.3 Å². The molecule has 1 aromatic carbocycles. The molecular weight excluding hydrogens is 346 g/mol. The van der Waals surface area contributed by atoms with E-state index >= 15 is 0 Å². The Kier molecular flexibility index (Phi) is 5.15. The van der Waals surface area contributed by atoms with Gasteiger partial charge in [-0.1, -0.05) is 18.2 Å². The van der Waals surface area contributed by atoms with Crippen molar-refractivity contribution >= 4 is 32.2 Å². The highest BCUT2D eigenvalue weighted by Gasteiger charge is 2.26. The quantitative estimate of drug-likeness (QED) is 0.843. The molecule has 1 N–H and O–H groups in total. The number of nitrogens with zero attached hydrogens (tertiary/aromatic N) is 2. The highest BCUT2D eigenvalue weighted by molar-refractivity contribution is 7.91. The largest absolute Gasteiger partial charge is 0.351 e.